The lowest BCUT2D eigenvalue weighted by molar-refractivity contribution is -0.401. The minimum atomic E-state index is -4.67. The molecule has 1 fully saturated rings. The number of fused-ring (bicyclic) bond motifs is 2. The van der Waals surface area contributed by atoms with Crippen molar-refractivity contribution in [3.63, 3.8) is 0 Å². The minimum absolute atomic E-state index is 0.0188. The molecule has 0 spiro atoms. The Bertz CT molecular complexity index is 2190. The lowest BCUT2D eigenvalue weighted by atomic mass is 9.76. The third-order valence-corrected chi connectivity index (χ3v) is 11.7. The molecular formula is C40H48N5O9S+. The first-order valence-corrected chi connectivity index (χ1v) is 19.9. The lowest BCUT2D eigenvalue weighted by Crippen LogP contribution is -2.51. The van der Waals surface area contributed by atoms with E-state index in [0.717, 1.165) is 33.9 Å². The summed E-state index contributed by atoms with van der Waals surface area (Å²) in [4.78, 5) is 56.2. The number of anilines is 1. The zero-order valence-electron chi connectivity index (χ0n) is 31.9. The van der Waals surface area contributed by atoms with E-state index in [4.69, 9.17) is 4.84 Å². The monoisotopic (exact) mass is 774 g/mol. The van der Waals surface area contributed by atoms with Crippen LogP contribution >= 0.6 is 0 Å². The smallest absolute Gasteiger partial charge is 0.333 e. The standard InChI is InChI=1S/C40H47N5O9S/c1-39(2)26-13-7-9-15-29(26)43(5)31(39)21-24-36(25(37(24)49)22-32-40(3,4)27-14-8-10-16-30(27)44(32)6)42-28(23-55(51,52)53)38(50)41-20-12-11-17-35(48)54-45-33(46)18-19-34(45)47/h7-10,13-16,21-22,28,37,42,49H,11-12,17-20,23H2,1-6H3,(H-,41,50,51,52,53)/p+1. The second-order valence-corrected chi connectivity index (χ2v) is 16.9. The Kier molecular flexibility index (Phi) is 10.7. The Morgan fingerprint density at radius 2 is 1.62 bits per heavy atom. The maximum atomic E-state index is 13.6. The number of benzene rings is 2. The van der Waals surface area contributed by atoms with Gasteiger partial charge in [-0.1, -0.05) is 50.2 Å². The van der Waals surface area contributed by atoms with Gasteiger partial charge in [0.2, 0.25) is 11.6 Å². The zero-order chi connectivity index (χ0) is 40.0. The van der Waals surface area contributed by atoms with Crippen LogP contribution in [0.3, 0.4) is 0 Å². The number of likely N-dealkylation sites (N-methyl/N-ethyl adjacent to an activating group) is 1. The molecule has 2 atom stereocenters. The Balaban J connectivity index is 1.28. The van der Waals surface area contributed by atoms with Gasteiger partial charge in [-0.25, -0.2) is 4.79 Å². The number of hydrogen-bond donors (Lipinski definition) is 4. The molecule has 2 unspecified atom stereocenters. The van der Waals surface area contributed by atoms with E-state index in [-0.39, 0.29) is 38.6 Å². The second-order valence-electron chi connectivity index (χ2n) is 15.4. The van der Waals surface area contributed by atoms with Gasteiger partial charge in [-0.3, -0.25) is 18.9 Å². The Labute approximate surface area is 320 Å². The first-order valence-electron chi connectivity index (χ1n) is 18.3. The van der Waals surface area contributed by atoms with Crippen LogP contribution in [0.1, 0.15) is 70.9 Å². The molecule has 0 aromatic heterocycles. The van der Waals surface area contributed by atoms with Gasteiger partial charge in [0.25, 0.3) is 21.9 Å². The van der Waals surface area contributed by atoms with Crippen molar-refractivity contribution in [3.8, 4) is 0 Å². The first-order chi connectivity index (χ1) is 25.8. The number of nitrogens with zero attached hydrogens (tertiary/aromatic N) is 3. The number of unbranched alkanes of at least 4 members (excludes halogenated alkanes) is 1. The summed E-state index contributed by atoms with van der Waals surface area (Å²) in [5, 5.41) is 18.1. The first kappa shape index (κ1) is 39.6. The van der Waals surface area contributed by atoms with Crippen LogP contribution in [0.2, 0.25) is 0 Å². The summed E-state index contributed by atoms with van der Waals surface area (Å²) in [5.41, 5.74) is 6.34. The van der Waals surface area contributed by atoms with Crippen LogP contribution in [-0.4, -0.2) is 95.7 Å². The topological polar surface area (TPSA) is 186 Å². The number of aliphatic hydroxyl groups is 1. The van der Waals surface area contributed by atoms with Crippen molar-refractivity contribution in [1.29, 1.82) is 0 Å². The van der Waals surface area contributed by atoms with Crippen LogP contribution in [0.25, 0.3) is 0 Å². The van der Waals surface area contributed by atoms with E-state index in [1.165, 1.54) is 0 Å². The molecule has 6 rings (SSSR count). The molecule has 1 saturated heterocycles. The number of aliphatic hydroxyl groups excluding tert-OH is 1. The summed E-state index contributed by atoms with van der Waals surface area (Å²) >= 11 is 0. The molecule has 292 valence electrons. The predicted molar refractivity (Wildman–Crippen MR) is 205 cm³/mol. The maximum Gasteiger partial charge on any atom is 0.333 e. The number of allylic oxidation sites excluding steroid dienone is 2. The third kappa shape index (κ3) is 7.60. The summed E-state index contributed by atoms with van der Waals surface area (Å²) in [5.74, 6) is -3.61. The van der Waals surface area contributed by atoms with E-state index in [0.29, 0.717) is 21.9 Å². The molecule has 14 nitrogen and oxygen atoms in total. The molecule has 2 aromatic rings. The molecule has 1 aliphatic carbocycles. The summed E-state index contributed by atoms with van der Waals surface area (Å²) in [6.45, 7) is 8.38. The highest BCUT2D eigenvalue weighted by atomic mass is 32.2. The summed E-state index contributed by atoms with van der Waals surface area (Å²) in [7, 11) is -0.787. The van der Waals surface area contributed by atoms with E-state index in [1.54, 1.807) is 0 Å². The Morgan fingerprint density at radius 3 is 2.25 bits per heavy atom. The van der Waals surface area contributed by atoms with E-state index in [9.17, 15) is 37.3 Å². The van der Waals surface area contributed by atoms with Crippen LogP contribution in [0, 0.1) is 0 Å². The number of para-hydroxylation sites is 2. The number of carbonyl (C=O) groups excluding carboxylic acids is 4. The Hall–Kier alpha value is -5.12. The van der Waals surface area contributed by atoms with Gasteiger partial charge in [-0.2, -0.15) is 13.0 Å². The molecule has 55 heavy (non-hydrogen) atoms. The average Bonchev–Trinajstić information content (AvgIpc) is 3.62. The molecule has 2 aromatic carbocycles. The normalized spacial score (nSPS) is 21.9. The Morgan fingerprint density at radius 1 is 0.982 bits per heavy atom. The number of hydrogen-bond acceptors (Lipinski definition) is 10. The van der Waals surface area contributed by atoms with Crippen LogP contribution in [-0.2, 0) is 45.0 Å². The molecule has 3 aliphatic heterocycles. The maximum absolute atomic E-state index is 13.6. The highest BCUT2D eigenvalue weighted by Gasteiger charge is 2.46. The van der Waals surface area contributed by atoms with E-state index >= 15 is 0 Å². The van der Waals surface area contributed by atoms with Crippen molar-refractivity contribution in [2.24, 2.45) is 0 Å². The van der Waals surface area contributed by atoms with Crippen molar-refractivity contribution in [3.05, 3.63) is 94.4 Å². The molecule has 4 N–H and O–H groups in total. The van der Waals surface area contributed by atoms with E-state index in [2.05, 4.69) is 50.5 Å². The minimum Gasteiger partial charge on any atom is -0.383 e. The molecule has 0 saturated carbocycles. The second kappa shape index (κ2) is 14.8. The van der Waals surface area contributed by atoms with Crippen molar-refractivity contribution >= 4 is 50.9 Å². The van der Waals surface area contributed by atoms with Crippen LogP contribution < -0.4 is 15.5 Å². The van der Waals surface area contributed by atoms with Gasteiger partial charge < -0.3 is 25.5 Å². The van der Waals surface area contributed by atoms with Gasteiger partial charge in [-0.15, -0.1) is 5.06 Å². The third-order valence-electron chi connectivity index (χ3n) is 10.9. The fourth-order valence-electron chi connectivity index (χ4n) is 7.91. The number of carbonyl (C=O) groups is 4. The molecule has 0 radical (unpaired) electrons. The van der Waals surface area contributed by atoms with Gasteiger partial charge in [0.15, 0.2) is 5.71 Å². The van der Waals surface area contributed by atoms with Crippen LogP contribution in [0.15, 0.2) is 83.2 Å². The van der Waals surface area contributed by atoms with Gasteiger partial charge in [0, 0.05) is 84.2 Å². The SMILES string of the molecule is CN1/C(=C/C2=C(NC(CS(=O)(=O)O)C(=O)NCCCCC(=O)ON3C(=O)CCC3=O)C(=C/C3=[N+](C)c4ccccc4C3(C)C)/C2O)C(C)(C)c2ccccc21. The van der Waals surface area contributed by atoms with Crippen LogP contribution in [0.5, 0.6) is 0 Å². The number of nitrogens with one attached hydrogen (secondary N) is 2. The number of imide groups is 1. The van der Waals surface area contributed by atoms with Gasteiger partial charge in [0.05, 0.1) is 5.41 Å². The quantitative estimate of drug-likeness (QED) is 0.101. The van der Waals surface area contributed by atoms with Gasteiger partial charge >= 0.3 is 5.97 Å². The largest absolute Gasteiger partial charge is 0.383 e. The predicted octanol–water partition coefficient (Wildman–Crippen LogP) is 3.30. The van der Waals surface area contributed by atoms with Crippen molar-refractivity contribution < 1.29 is 46.7 Å². The highest BCUT2D eigenvalue weighted by molar-refractivity contribution is 7.85. The van der Waals surface area contributed by atoms with Crippen molar-refractivity contribution in [1.82, 2.24) is 15.7 Å². The molecule has 3 amide bonds. The molecular weight excluding hydrogens is 727 g/mol. The van der Waals surface area contributed by atoms with E-state index in [1.807, 2.05) is 72.1 Å². The van der Waals surface area contributed by atoms with Gasteiger partial charge in [0.1, 0.15) is 24.9 Å². The van der Waals surface area contributed by atoms with Crippen molar-refractivity contribution in [2.75, 3.05) is 31.3 Å². The zero-order valence-corrected chi connectivity index (χ0v) is 32.7. The molecule has 0 bridgehead atoms. The summed E-state index contributed by atoms with van der Waals surface area (Å²) < 4.78 is 36.6. The summed E-state index contributed by atoms with van der Waals surface area (Å²) in [6, 6.07) is 14.5. The fourth-order valence-corrected chi connectivity index (χ4v) is 8.57. The molecule has 3 heterocycles. The highest BCUT2D eigenvalue weighted by Crippen LogP contribution is 2.49. The molecule has 4 aliphatic rings. The lowest BCUT2D eigenvalue weighted by Gasteiger charge is -2.36. The average molecular weight is 775 g/mol. The number of rotatable bonds is 13. The fraction of sp³-hybridized carbons (Fsp3) is 0.425. The number of amides is 3. The van der Waals surface area contributed by atoms with Crippen molar-refractivity contribution in [2.45, 2.75) is 82.8 Å². The van der Waals surface area contributed by atoms with Crippen LogP contribution in [0.4, 0.5) is 11.4 Å². The van der Waals surface area contributed by atoms with Gasteiger partial charge in [-0.05, 0) is 44.4 Å². The van der Waals surface area contributed by atoms with E-state index < -0.39 is 62.5 Å². The summed E-state index contributed by atoms with van der Waals surface area (Å²) in [6.07, 6.45) is 3.01. The number of hydroxylamine groups is 2. The molecule has 15 heteroatoms.